The van der Waals surface area contributed by atoms with Crippen LogP contribution in [0.15, 0.2) is 29.6 Å². The topological polar surface area (TPSA) is 21.3 Å². The SMILES string of the molecule is CC1(OCc2csc3ccccc23)CCCNC1. The highest BCUT2D eigenvalue weighted by molar-refractivity contribution is 7.17. The van der Waals surface area contributed by atoms with Crippen LogP contribution in [0.1, 0.15) is 25.3 Å². The lowest BCUT2D eigenvalue weighted by molar-refractivity contribution is -0.0566. The Kier molecular flexibility index (Phi) is 3.37. The molecule has 1 fully saturated rings. The summed E-state index contributed by atoms with van der Waals surface area (Å²) in [5, 5.41) is 6.99. The number of nitrogens with one attached hydrogen (secondary N) is 1. The molecule has 1 aliphatic rings. The van der Waals surface area contributed by atoms with Crippen LogP contribution >= 0.6 is 11.3 Å². The number of benzene rings is 1. The van der Waals surface area contributed by atoms with Crippen molar-refractivity contribution in [2.24, 2.45) is 0 Å². The van der Waals surface area contributed by atoms with E-state index >= 15 is 0 Å². The minimum Gasteiger partial charge on any atom is -0.369 e. The summed E-state index contributed by atoms with van der Waals surface area (Å²) in [7, 11) is 0. The fraction of sp³-hybridized carbons (Fsp3) is 0.467. The molecular formula is C15H19NOS. The molecule has 0 spiro atoms. The molecule has 1 N–H and O–H groups in total. The van der Waals surface area contributed by atoms with Crippen molar-refractivity contribution < 1.29 is 4.74 Å². The lowest BCUT2D eigenvalue weighted by atomic mass is 9.96. The van der Waals surface area contributed by atoms with Crippen molar-refractivity contribution >= 4 is 21.4 Å². The smallest absolute Gasteiger partial charge is 0.0783 e. The first-order valence-electron chi connectivity index (χ1n) is 6.57. The first-order chi connectivity index (χ1) is 8.77. The molecule has 18 heavy (non-hydrogen) atoms. The summed E-state index contributed by atoms with van der Waals surface area (Å²) < 4.78 is 7.52. The molecule has 3 heteroatoms. The summed E-state index contributed by atoms with van der Waals surface area (Å²) in [4.78, 5) is 0. The molecule has 0 radical (unpaired) electrons. The summed E-state index contributed by atoms with van der Waals surface area (Å²) in [5.74, 6) is 0. The van der Waals surface area contributed by atoms with E-state index in [1.807, 2.05) is 0 Å². The van der Waals surface area contributed by atoms with Gasteiger partial charge in [-0.25, -0.2) is 0 Å². The molecule has 0 saturated carbocycles. The number of rotatable bonds is 3. The Balaban J connectivity index is 1.73. The monoisotopic (exact) mass is 261 g/mol. The Morgan fingerprint density at radius 2 is 2.28 bits per heavy atom. The number of hydrogen-bond acceptors (Lipinski definition) is 3. The normalized spacial score (nSPS) is 24.5. The summed E-state index contributed by atoms with van der Waals surface area (Å²) in [6.45, 7) is 5.03. The van der Waals surface area contributed by atoms with E-state index in [9.17, 15) is 0 Å². The summed E-state index contributed by atoms with van der Waals surface area (Å²) >= 11 is 1.80. The van der Waals surface area contributed by atoms with E-state index in [1.54, 1.807) is 11.3 Å². The Labute approximate surface area is 112 Å². The number of ether oxygens (including phenoxy) is 1. The van der Waals surface area contributed by atoms with E-state index in [0.717, 1.165) is 26.1 Å². The summed E-state index contributed by atoms with van der Waals surface area (Å²) in [5.41, 5.74) is 1.32. The molecule has 1 aromatic carbocycles. The number of fused-ring (bicyclic) bond motifs is 1. The lowest BCUT2D eigenvalue weighted by Crippen LogP contribution is -2.45. The van der Waals surface area contributed by atoms with Crippen LogP contribution in [0.5, 0.6) is 0 Å². The minimum absolute atomic E-state index is 0.00128. The lowest BCUT2D eigenvalue weighted by Gasteiger charge is -2.34. The maximum Gasteiger partial charge on any atom is 0.0783 e. The van der Waals surface area contributed by atoms with Crippen LogP contribution in [-0.4, -0.2) is 18.7 Å². The van der Waals surface area contributed by atoms with Crippen molar-refractivity contribution in [1.29, 1.82) is 0 Å². The molecule has 0 bridgehead atoms. The highest BCUT2D eigenvalue weighted by atomic mass is 32.1. The third-order valence-corrected chi connectivity index (χ3v) is 4.71. The molecule has 0 aliphatic carbocycles. The molecule has 3 rings (SSSR count). The van der Waals surface area contributed by atoms with Crippen LogP contribution in [0.4, 0.5) is 0 Å². The van der Waals surface area contributed by atoms with Gasteiger partial charge < -0.3 is 10.1 Å². The zero-order valence-corrected chi connectivity index (χ0v) is 11.6. The van der Waals surface area contributed by atoms with Gasteiger partial charge in [0, 0.05) is 11.2 Å². The maximum absolute atomic E-state index is 6.17. The van der Waals surface area contributed by atoms with E-state index in [0.29, 0.717) is 0 Å². The Hall–Kier alpha value is -0.900. The van der Waals surface area contributed by atoms with Gasteiger partial charge in [-0.05, 0) is 48.7 Å². The van der Waals surface area contributed by atoms with Gasteiger partial charge in [-0.1, -0.05) is 18.2 Å². The first-order valence-corrected chi connectivity index (χ1v) is 7.45. The molecule has 2 aromatic rings. The molecular weight excluding hydrogens is 242 g/mol. The molecule has 1 unspecified atom stereocenters. The number of piperidine rings is 1. The standard InChI is InChI=1S/C15H19NOS/c1-15(7-4-8-16-11-15)17-9-12-10-18-14-6-3-2-5-13(12)14/h2-3,5-6,10,16H,4,7-9,11H2,1H3. The van der Waals surface area contributed by atoms with E-state index in [4.69, 9.17) is 4.74 Å². The second-order valence-corrected chi connectivity index (χ2v) is 6.19. The van der Waals surface area contributed by atoms with Crippen LogP contribution in [0.3, 0.4) is 0 Å². The molecule has 1 atom stereocenters. The molecule has 1 saturated heterocycles. The number of thiophene rings is 1. The van der Waals surface area contributed by atoms with Crippen molar-refractivity contribution in [3.63, 3.8) is 0 Å². The fourth-order valence-electron chi connectivity index (χ4n) is 2.55. The van der Waals surface area contributed by atoms with E-state index in [-0.39, 0.29) is 5.60 Å². The minimum atomic E-state index is 0.00128. The van der Waals surface area contributed by atoms with Gasteiger partial charge in [-0.2, -0.15) is 0 Å². The quantitative estimate of drug-likeness (QED) is 0.912. The van der Waals surface area contributed by atoms with Gasteiger partial charge in [-0.15, -0.1) is 11.3 Å². The van der Waals surface area contributed by atoms with Crippen molar-refractivity contribution in [2.75, 3.05) is 13.1 Å². The van der Waals surface area contributed by atoms with Crippen LogP contribution in [0, 0.1) is 0 Å². The zero-order valence-electron chi connectivity index (χ0n) is 10.7. The van der Waals surface area contributed by atoms with Gasteiger partial charge in [0.15, 0.2) is 0 Å². The Morgan fingerprint density at radius 1 is 1.39 bits per heavy atom. The van der Waals surface area contributed by atoms with Gasteiger partial charge in [-0.3, -0.25) is 0 Å². The van der Waals surface area contributed by atoms with Gasteiger partial charge in [0.1, 0.15) is 0 Å². The molecule has 0 amide bonds. The predicted molar refractivity (Wildman–Crippen MR) is 77.1 cm³/mol. The third kappa shape index (κ3) is 2.44. The summed E-state index contributed by atoms with van der Waals surface area (Å²) in [6.07, 6.45) is 2.36. The molecule has 2 nitrogen and oxygen atoms in total. The second-order valence-electron chi connectivity index (χ2n) is 5.28. The van der Waals surface area contributed by atoms with Crippen molar-refractivity contribution in [3.05, 3.63) is 35.2 Å². The van der Waals surface area contributed by atoms with Crippen molar-refractivity contribution in [3.8, 4) is 0 Å². The van der Waals surface area contributed by atoms with Crippen LogP contribution in [0.25, 0.3) is 10.1 Å². The van der Waals surface area contributed by atoms with Crippen LogP contribution in [0.2, 0.25) is 0 Å². The van der Waals surface area contributed by atoms with Crippen molar-refractivity contribution in [2.45, 2.75) is 32.0 Å². The number of hydrogen-bond donors (Lipinski definition) is 1. The largest absolute Gasteiger partial charge is 0.369 e. The summed E-state index contributed by atoms with van der Waals surface area (Å²) in [6, 6.07) is 8.55. The third-order valence-electron chi connectivity index (χ3n) is 3.70. The Morgan fingerprint density at radius 3 is 3.11 bits per heavy atom. The average molecular weight is 261 g/mol. The predicted octanol–water partition coefficient (Wildman–Crippen LogP) is 3.56. The van der Waals surface area contributed by atoms with Gasteiger partial charge in [0.25, 0.3) is 0 Å². The highest BCUT2D eigenvalue weighted by Crippen LogP contribution is 2.28. The van der Waals surface area contributed by atoms with Crippen LogP contribution in [-0.2, 0) is 11.3 Å². The van der Waals surface area contributed by atoms with Gasteiger partial charge in [0.2, 0.25) is 0 Å². The fourth-order valence-corrected chi connectivity index (χ4v) is 3.50. The van der Waals surface area contributed by atoms with Gasteiger partial charge in [0.05, 0.1) is 12.2 Å². The highest BCUT2D eigenvalue weighted by Gasteiger charge is 2.27. The van der Waals surface area contributed by atoms with Gasteiger partial charge >= 0.3 is 0 Å². The second kappa shape index (κ2) is 5.00. The molecule has 96 valence electrons. The van der Waals surface area contributed by atoms with Crippen LogP contribution < -0.4 is 5.32 Å². The maximum atomic E-state index is 6.17. The first kappa shape index (κ1) is 12.2. The van der Waals surface area contributed by atoms with E-state index < -0.39 is 0 Å². The van der Waals surface area contributed by atoms with E-state index in [1.165, 1.54) is 22.1 Å². The molecule has 2 heterocycles. The zero-order chi connectivity index (χ0) is 12.4. The average Bonchev–Trinajstić information content (AvgIpc) is 2.81. The van der Waals surface area contributed by atoms with E-state index in [2.05, 4.69) is 41.9 Å². The molecule has 1 aromatic heterocycles. The molecule has 1 aliphatic heterocycles. The van der Waals surface area contributed by atoms with Crippen molar-refractivity contribution in [1.82, 2.24) is 5.32 Å². The Bertz CT molecular complexity index is 528.